The van der Waals surface area contributed by atoms with E-state index in [4.69, 9.17) is 4.74 Å². The van der Waals surface area contributed by atoms with Gasteiger partial charge in [0.15, 0.2) is 11.6 Å². The predicted molar refractivity (Wildman–Crippen MR) is 77.9 cm³/mol. The summed E-state index contributed by atoms with van der Waals surface area (Å²) in [4.78, 5) is -0.233. The van der Waals surface area contributed by atoms with Gasteiger partial charge in [-0.2, -0.15) is 0 Å². The topological polar surface area (TPSA) is 55.4 Å². The molecule has 0 heterocycles. The smallest absolute Gasteiger partial charge is 0.262 e. The SMILES string of the molecule is COc1cc(S(=O)(=O)Nc2ccc(Br)cc2F)ccc1F. The third-order valence-corrected chi connectivity index (χ3v) is 4.46. The van der Waals surface area contributed by atoms with Crippen LogP contribution in [0.15, 0.2) is 45.8 Å². The number of hydrogen-bond donors (Lipinski definition) is 1. The first kappa shape index (κ1) is 15.7. The Morgan fingerprint density at radius 3 is 2.43 bits per heavy atom. The highest BCUT2D eigenvalue weighted by Gasteiger charge is 2.18. The maximum atomic E-state index is 13.7. The van der Waals surface area contributed by atoms with Crippen LogP contribution in [-0.2, 0) is 10.0 Å². The summed E-state index contributed by atoms with van der Waals surface area (Å²) in [5, 5.41) is 0. The molecular weight excluding hydrogens is 368 g/mol. The van der Waals surface area contributed by atoms with Crippen molar-refractivity contribution in [1.82, 2.24) is 0 Å². The van der Waals surface area contributed by atoms with Crippen LogP contribution >= 0.6 is 15.9 Å². The molecule has 4 nitrogen and oxygen atoms in total. The van der Waals surface area contributed by atoms with Gasteiger partial charge in [0.05, 0.1) is 17.7 Å². The van der Waals surface area contributed by atoms with E-state index in [9.17, 15) is 17.2 Å². The molecule has 0 saturated heterocycles. The molecule has 2 aromatic carbocycles. The number of ether oxygens (including phenoxy) is 1. The minimum atomic E-state index is -4.05. The molecule has 1 N–H and O–H groups in total. The fraction of sp³-hybridized carbons (Fsp3) is 0.0769. The Bertz CT molecular complexity index is 781. The normalized spacial score (nSPS) is 11.2. The van der Waals surface area contributed by atoms with Crippen molar-refractivity contribution in [2.24, 2.45) is 0 Å². The lowest BCUT2D eigenvalue weighted by Crippen LogP contribution is -2.14. The quantitative estimate of drug-likeness (QED) is 0.886. The van der Waals surface area contributed by atoms with Crippen LogP contribution in [0.3, 0.4) is 0 Å². The zero-order valence-corrected chi connectivity index (χ0v) is 13.1. The van der Waals surface area contributed by atoms with Gasteiger partial charge in [-0.3, -0.25) is 4.72 Å². The van der Waals surface area contributed by atoms with E-state index in [1.54, 1.807) is 0 Å². The van der Waals surface area contributed by atoms with E-state index in [0.29, 0.717) is 4.47 Å². The third kappa shape index (κ3) is 3.51. The van der Waals surface area contributed by atoms with E-state index in [2.05, 4.69) is 20.7 Å². The minimum absolute atomic E-state index is 0.207. The second kappa shape index (κ2) is 5.98. The first-order chi connectivity index (χ1) is 9.83. The van der Waals surface area contributed by atoms with Gasteiger partial charge in [0.1, 0.15) is 5.82 Å². The van der Waals surface area contributed by atoms with Crippen LogP contribution in [-0.4, -0.2) is 15.5 Å². The zero-order valence-electron chi connectivity index (χ0n) is 10.7. The van der Waals surface area contributed by atoms with Gasteiger partial charge in [-0.05, 0) is 30.3 Å². The molecule has 0 unspecified atom stereocenters. The number of halogens is 3. The molecular formula is C13H10BrF2NO3S. The van der Waals surface area contributed by atoms with Crippen LogP contribution in [0.5, 0.6) is 5.75 Å². The molecule has 0 fully saturated rings. The van der Waals surface area contributed by atoms with Crippen LogP contribution in [0, 0.1) is 11.6 Å². The third-order valence-electron chi connectivity index (χ3n) is 2.61. The van der Waals surface area contributed by atoms with Crippen molar-refractivity contribution in [3.05, 3.63) is 52.5 Å². The molecule has 2 rings (SSSR count). The largest absolute Gasteiger partial charge is 0.494 e. The van der Waals surface area contributed by atoms with Crippen molar-refractivity contribution < 1.29 is 21.9 Å². The van der Waals surface area contributed by atoms with Crippen molar-refractivity contribution in [2.75, 3.05) is 11.8 Å². The molecule has 0 saturated carbocycles. The summed E-state index contributed by atoms with van der Waals surface area (Å²) < 4.78 is 58.6. The average molecular weight is 378 g/mol. The molecule has 0 aliphatic rings. The van der Waals surface area contributed by atoms with E-state index in [-0.39, 0.29) is 16.3 Å². The Balaban J connectivity index is 2.38. The fourth-order valence-corrected chi connectivity index (χ4v) is 3.00. The molecule has 0 amide bonds. The number of anilines is 1. The molecule has 0 aliphatic carbocycles. The lowest BCUT2D eigenvalue weighted by atomic mass is 10.3. The maximum Gasteiger partial charge on any atom is 0.262 e. The lowest BCUT2D eigenvalue weighted by Gasteiger charge is -2.10. The molecule has 8 heteroatoms. The highest BCUT2D eigenvalue weighted by molar-refractivity contribution is 9.10. The van der Waals surface area contributed by atoms with Gasteiger partial charge in [-0.15, -0.1) is 0 Å². The summed E-state index contributed by atoms with van der Waals surface area (Å²) in [7, 11) is -2.83. The highest BCUT2D eigenvalue weighted by Crippen LogP contribution is 2.25. The Kier molecular flexibility index (Phi) is 4.48. The Morgan fingerprint density at radius 2 is 1.81 bits per heavy atom. The fourth-order valence-electron chi connectivity index (χ4n) is 1.58. The number of nitrogens with one attached hydrogen (secondary N) is 1. The summed E-state index contributed by atoms with van der Waals surface area (Å²) in [5.74, 6) is -1.64. The van der Waals surface area contributed by atoms with Gasteiger partial charge < -0.3 is 4.74 Å². The molecule has 0 spiro atoms. The van der Waals surface area contributed by atoms with E-state index < -0.39 is 21.7 Å². The van der Waals surface area contributed by atoms with E-state index in [1.807, 2.05) is 0 Å². The molecule has 2 aromatic rings. The summed E-state index contributed by atoms with van der Waals surface area (Å²) >= 11 is 3.07. The average Bonchev–Trinajstić information content (AvgIpc) is 2.42. The summed E-state index contributed by atoms with van der Waals surface area (Å²) in [5.41, 5.74) is -0.207. The predicted octanol–water partition coefficient (Wildman–Crippen LogP) is 3.54. The van der Waals surface area contributed by atoms with Gasteiger partial charge in [0, 0.05) is 10.5 Å². The Hall–Kier alpha value is -1.67. The van der Waals surface area contributed by atoms with Crippen molar-refractivity contribution in [2.45, 2.75) is 4.90 Å². The van der Waals surface area contributed by atoms with Gasteiger partial charge in [-0.1, -0.05) is 15.9 Å². The monoisotopic (exact) mass is 377 g/mol. The van der Waals surface area contributed by atoms with Crippen LogP contribution in [0.4, 0.5) is 14.5 Å². The maximum absolute atomic E-state index is 13.7. The van der Waals surface area contributed by atoms with E-state index in [0.717, 1.165) is 24.3 Å². The summed E-state index contributed by atoms with van der Waals surface area (Å²) in [6.45, 7) is 0. The highest BCUT2D eigenvalue weighted by atomic mass is 79.9. The number of benzene rings is 2. The second-order valence-electron chi connectivity index (χ2n) is 4.03. The van der Waals surface area contributed by atoms with Crippen LogP contribution in [0.1, 0.15) is 0 Å². The number of rotatable bonds is 4. The van der Waals surface area contributed by atoms with Gasteiger partial charge >= 0.3 is 0 Å². The van der Waals surface area contributed by atoms with E-state index in [1.165, 1.54) is 19.2 Å². The first-order valence-corrected chi connectivity index (χ1v) is 7.92. The number of methoxy groups -OCH3 is 1. The first-order valence-electron chi connectivity index (χ1n) is 5.65. The summed E-state index contributed by atoms with van der Waals surface area (Å²) in [6.07, 6.45) is 0. The van der Waals surface area contributed by atoms with Crippen molar-refractivity contribution >= 4 is 31.6 Å². The van der Waals surface area contributed by atoms with E-state index >= 15 is 0 Å². The van der Waals surface area contributed by atoms with Crippen LogP contribution < -0.4 is 9.46 Å². The van der Waals surface area contributed by atoms with Crippen molar-refractivity contribution in [3.8, 4) is 5.75 Å². The molecule has 0 aromatic heterocycles. The molecule has 0 aliphatic heterocycles. The molecule has 0 radical (unpaired) electrons. The molecule has 21 heavy (non-hydrogen) atoms. The van der Waals surface area contributed by atoms with Crippen LogP contribution in [0.25, 0.3) is 0 Å². The summed E-state index contributed by atoms with van der Waals surface area (Å²) in [6, 6.07) is 6.95. The second-order valence-corrected chi connectivity index (χ2v) is 6.62. The van der Waals surface area contributed by atoms with Gasteiger partial charge in [0.2, 0.25) is 0 Å². The molecule has 0 atom stereocenters. The Labute approximate surface area is 128 Å². The zero-order chi connectivity index (χ0) is 15.6. The minimum Gasteiger partial charge on any atom is -0.494 e. The Morgan fingerprint density at radius 1 is 1.10 bits per heavy atom. The van der Waals surface area contributed by atoms with Gasteiger partial charge in [0.25, 0.3) is 10.0 Å². The molecule has 0 bridgehead atoms. The van der Waals surface area contributed by atoms with Gasteiger partial charge in [-0.25, -0.2) is 17.2 Å². The number of sulfonamides is 1. The lowest BCUT2D eigenvalue weighted by molar-refractivity contribution is 0.385. The number of hydrogen-bond acceptors (Lipinski definition) is 3. The van der Waals surface area contributed by atoms with Crippen LogP contribution in [0.2, 0.25) is 0 Å². The molecule has 112 valence electrons. The standard InChI is InChI=1S/C13H10BrF2NO3S/c1-20-13-7-9(3-4-10(13)15)21(18,19)17-12-5-2-8(14)6-11(12)16/h2-7,17H,1H3. The van der Waals surface area contributed by atoms with Crippen molar-refractivity contribution in [3.63, 3.8) is 0 Å². The van der Waals surface area contributed by atoms with Crippen molar-refractivity contribution in [1.29, 1.82) is 0 Å².